The molecule has 0 saturated heterocycles. The fraction of sp³-hybridized carbons (Fsp3) is 0. The minimum Gasteiger partial charge on any atom is 0 e. The van der Waals surface area contributed by atoms with E-state index in [0.29, 0.717) is 0 Å². The third-order valence-corrected chi connectivity index (χ3v) is 5.20. The van der Waals surface area contributed by atoms with Gasteiger partial charge in [0.1, 0.15) is 0 Å². The van der Waals surface area contributed by atoms with Crippen molar-refractivity contribution in [3.63, 3.8) is 0 Å². The predicted molar refractivity (Wildman–Crippen MR) is 92.1 cm³/mol. The van der Waals surface area contributed by atoms with Gasteiger partial charge in [-0.3, -0.25) is 0 Å². The Bertz CT molecular complexity index is 668. The van der Waals surface area contributed by atoms with Crippen molar-refractivity contribution in [2.45, 2.75) is 0 Å². The SMILES string of the molecule is ClP1C(c2ccccc2)=C1c1ccccc1.[C-]#[O+].[C-]#[O+].[C-]#[O+].[C-]#[O+].[C-]#[O+].[W]. The van der Waals surface area contributed by atoms with Crippen LogP contribution in [0.15, 0.2) is 60.7 Å². The van der Waals surface area contributed by atoms with Crippen LogP contribution in [-0.4, -0.2) is 0 Å². The molecule has 0 saturated carbocycles. The molecule has 0 atom stereocenters. The zero-order valence-electron chi connectivity index (χ0n) is 13.5. The molecule has 1 aliphatic heterocycles. The van der Waals surface area contributed by atoms with E-state index in [1.807, 2.05) is 12.1 Å². The molecular formula is C19H10ClO5PW. The molecule has 0 fully saturated rings. The summed E-state index contributed by atoms with van der Waals surface area (Å²) in [5.41, 5.74) is 2.53. The average molecular weight is 569 g/mol. The molecule has 0 aromatic heterocycles. The topological polar surface area (TPSA) is 99.5 Å². The Morgan fingerprint density at radius 1 is 0.519 bits per heavy atom. The second kappa shape index (κ2) is 24.3. The number of hydrogen-bond donors (Lipinski definition) is 0. The molecule has 27 heavy (non-hydrogen) atoms. The van der Waals surface area contributed by atoms with Gasteiger partial charge >= 0.3 is 56.5 Å². The quantitative estimate of drug-likeness (QED) is 0.278. The molecule has 1 aliphatic rings. The van der Waals surface area contributed by atoms with Gasteiger partial charge in [-0.05, 0) is 11.1 Å². The smallest absolute Gasteiger partial charge is 0 e. The van der Waals surface area contributed by atoms with Gasteiger partial charge in [-0.1, -0.05) is 71.9 Å². The van der Waals surface area contributed by atoms with Gasteiger partial charge in [0.25, 0.3) is 0 Å². The largest absolute Gasteiger partial charge is 0 e. The van der Waals surface area contributed by atoms with Crippen molar-refractivity contribution in [2.75, 3.05) is 0 Å². The molecule has 8 heteroatoms. The van der Waals surface area contributed by atoms with Crippen molar-refractivity contribution < 1.29 is 44.3 Å². The number of rotatable bonds is 2. The zero-order valence-corrected chi connectivity index (χ0v) is 18.1. The molecule has 0 unspecified atom stereocenters. The summed E-state index contributed by atoms with van der Waals surface area (Å²) in [6.45, 7) is 22.5. The second-order valence-corrected chi connectivity index (χ2v) is 6.18. The van der Waals surface area contributed by atoms with Crippen LogP contribution in [0.25, 0.3) is 10.6 Å². The summed E-state index contributed by atoms with van der Waals surface area (Å²) >= 11 is 6.38. The third kappa shape index (κ3) is 11.6. The van der Waals surface area contributed by atoms with E-state index in [4.69, 9.17) is 34.5 Å². The first-order chi connectivity index (χ1) is 12.9. The molecular weight excluding hydrogens is 558 g/mol. The van der Waals surface area contributed by atoms with Gasteiger partial charge < -0.3 is 0 Å². The van der Waals surface area contributed by atoms with Gasteiger partial charge in [0.2, 0.25) is 0 Å². The summed E-state index contributed by atoms with van der Waals surface area (Å²) < 4.78 is 37.5. The molecule has 5 nitrogen and oxygen atoms in total. The van der Waals surface area contributed by atoms with Crippen LogP contribution in [0.4, 0.5) is 0 Å². The monoisotopic (exact) mass is 568 g/mol. The summed E-state index contributed by atoms with van der Waals surface area (Å²) in [6.07, 6.45) is 0. The van der Waals surface area contributed by atoms with Crippen LogP contribution in [0, 0.1) is 33.3 Å². The minimum atomic E-state index is -0.544. The maximum Gasteiger partial charge on any atom is 0 e. The minimum absolute atomic E-state index is 0. The van der Waals surface area contributed by atoms with E-state index in [-0.39, 0.29) is 21.1 Å². The van der Waals surface area contributed by atoms with Crippen molar-refractivity contribution in [3.05, 3.63) is 105 Å². The van der Waals surface area contributed by atoms with Gasteiger partial charge in [0, 0.05) is 31.7 Å². The van der Waals surface area contributed by atoms with Crippen LogP contribution in [-0.2, 0) is 44.3 Å². The molecule has 1 heterocycles. The molecule has 0 radical (unpaired) electrons. The number of hydrogen-bond acceptors (Lipinski definition) is 0. The van der Waals surface area contributed by atoms with Gasteiger partial charge in [-0.25, -0.2) is 0 Å². The molecule has 0 aliphatic carbocycles. The molecule has 3 rings (SSSR count). The second-order valence-electron chi connectivity index (χ2n) is 3.71. The fourth-order valence-corrected chi connectivity index (χ4v) is 4.43. The van der Waals surface area contributed by atoms with E-state index in [2.05, 4.69) is 81.8 Å². The Morgan fingerprint density at radius 3 is 0.963 bits per heavy atom. The standard InChI is InChI=1S/C14H10ClP.5CO.W/c15-16-13(11-7-3-1-4-8-11)14(16)12-9-5-2-6-10-12;5*1-2;/h1-10H;;;;;;. The van der Waals surface area contributed by atoms with Gasteiger partial charge in [-0.15, -0.1) is 0 Å². The van der Waals surface area contributed by atoms with E-state index in [1.54, 1.807) is 0 Å². The van der Waals surface area contributed by atoms with Crippen LogP contribution < -0.4 is 0 Å². The maximum atomic E-state index is 7.50. The summed E-state index contributed by atoms with van der Waals surface area (Å²) in [4.78, 5) is 0. The van der Waals surface area contributed by atoms with Crippen LogP contribution in [0.1, 0.15) is 11.1 Å². The van der Waals surface area contributed by atoms with Crippen molar-refractivity contribution in [3.8, 4) is 0 Å². The van der Waals surface area contributed by atoms with Crippen molar-refractivity contribution in [1.29, 1.82) is 0 Å². The van der Waals surface area contributed by atoms with Crippen molar-refractivity contribution in [2.24, 2.45) is 0 Å². The van der Waals surface area contributed by atoms with Gasteiger partial charge in [0.05, 0.1) is 7.27 Å². The van der Waals surface area contributed by atoms with Gasteiger partial charge in [0.15, 0.2) is 0 Å². The Hall–Kier alpha value is -1.71. The van der Waals surface area contributed by atoms with E-state index in [9.17, 15) is 0 Å². The first-order valence-electron chi connectivity index (χ1n) is 6.21. The molecule has 2 aromatic rings. The summed E-state index contributed by atoms with van der Waals surface area (Å²) in [5, 5.41) is 2.67. The summed E-state index contributed by atoms with van der Waals surface area (Å²) in [7, 11) is -0.544. The Kier molecular flexibility index (Phi) is 29.6. The Labute approximate surface area is 178 Å². The maximum absolute atomic E-state index is 7.50. The first kappa shape index (κ1) is 32.9. The molecule has 2 aromatic carbocycles. The fourth-order valence-electron chi connectivity index (χ4n) is 1.84. The van der Waals surface area contributed by atoms with Crippen LogP contribution in [0.2, 0.25) is 0 Å². The summed E-state index contributed by atoms with van der Waals surface area (Å²) in [6, 6.07) is 20.8. The molecule has 134 valence electrons. The zero-order chi connectivity index (χ0) is 21.0. The Morgan fingerprint density at radius 2 is 0.741 bits per heavy atom. The summed E-state index contributed by atoms with van der Waals surface area (Å²) in [5.74, 6) is 0. The number of benzene rings is 2. The third-order valence-electron chi connectivity index (χ3n) is 2.66. The first-order valence-corrected chi connectivity index (χ1v) is 8.45. The normalized spacial score (nSPS) is 9.44. The van der Waals surface area contributed by atoms with Crippen LogP contribution in [0.3, 0.4) is 0 Å². The van der Waals surface area contributed by atoms with E-state index >= 15 is 0 Å². The molecule has 0 spiro atoms. The Balaban J connectivity index is -0.000000211. The predicted octanol–water partition coefficient (Wildman–Crippen LogP) is 4.97. The van der Waals surface area contributed by atoms with Gasteiger partial charge in [-0.2, -0.15) is 0 Å². The molecule has 0 bridgehead atoms. The van der Waals surface area contributed by atoms with Crippen LogP contribution >= 0.6 is 18.5 Å². The molecule has 0 amide bonds. The average Bonchev–Trinajstić information content (AvgIpc) is 3.47. The van der Waals surface area contributed by atoms with E-state index in [1.165, 1.54) is 21.8 Å². The van der Waals surface area contributed by atoms with Crippen LogP contribution in [0.5, 0.6) is 0 Å². The van der Waals surface area contributed by atoms with Crippen molar-refractivity contribution >= 4 is 29.1 Å². The van der Waals surface area contributed by atoms with E-state index in [0.717, 1.165) is 0 Å². The molecule has 0 N–H and O–H groups in total. The number of halogens is 1. The van der Waals surface area contributed by atoms with Crippen molar-refractivity contribution in [1.82, 2.24) is 0 Å². The van der Waals surface area contributed by atoms with E-state index < -0.39 is 7.27 Å².